The molecule has 8 nitrogen and oxygen atoms in total. The summed E-state index contributed by atoms with van der Waals surface area (Å²) in [5.41, 5.74) is 5.32. The number of aryl methyl sites for hydroxylation is 1. The van der Waals surface area contributed by atoms with Crippen LogP contribution < -0.4 is 0 Å². The average Bonchev–Trinajstić information content (AvgIpc) is 3.78. The number of hydrogen-bond donors (Lipinski definition) is 1. The van der Waals surface area contributed by atoms with Crippen molar-refractivity contribution < 1.29 is 14.0 Å². The summed E-state index contributed by atoms with van der Waals surface area (Å²) in [6.07, 6.45) is 0.591. The normalized spacial score (nSPS) is 12.6. The highest BCUT2D eigenvalue weighted by molar-refractivity contribution is 6.32. The molecular formula is C41H35ClN6O2. The van der Waals surface area contributed by atoms with E-state index in [0.29, 0.717) is 18.1 Å². The first-order chi connectivity index (χ1) is 25.6. The fourth-order valence-corrected chi connectivity index (χ4v) is 6.81. The van der Waals surface area contributed by atoms with E-state index in [1.807, 2.05) is 103 Å². The van der Waals surface area contributed by atoms with E-state index in [4.69, 9.17) is 26.0 Å². The van der Waals surface area contributed by atoms with Crippen molar-refractivity contribution >= 4 is 17.6 Å². The standard InChI is InChI=1S/C41H35ClN6O2/c1-2-3-23-36-43-38(42)37(40(49)50)47(36)28-29-24-26-30(27-25-29)34-21-13-14-22-35(34)39-44-46-48(45-39)41(31-15-7-4-8-16-31,32-17-9-5-10-18-32)33-19-11-6-12-20-33/h4-22,24-27H,2-3,23,28H2,1H3,(H,49,50)/i1D3. The van der Waals surface area contributed by atoms with E-state index >= 15 is 0 Å². The van der Waals surface area contributed by atoms with Crippen LogP contribution in [0.2, 0.25) is 5.15 Å². The first kappa shape index (κ1) is 29.1. The van der Waals surface area contributed by atoms with Gasteiger partial charge in [-0.15, -0.1) is 15.0 Å². The van der Waals surface area contributed by atoms with Crippen LogP contribution >= 0.6 is 11.6 Å². The molecule has 0 saturated heterocycles. The van der Waals surface area contributed by atoms with Crippen LogP contribution in [0.25, 0.3) is 22.5 Å². The van der Waals surface area contributed by atoms with E-state index < -0.39 is 18.4 Å². The predicted octanol–water partition coefficient (Wildman–Crippen LogP) is 8.79. The van der Waals surface area contributed by atoms with Crippen LogP contribution in [0.1, 0.15) is 62.4 Å². The number of benzene rings is 5. The topological polar surface area (TPSA) is 98.7 Å². The second-order valence-corrected chi connectivity index (χ2v) is 12.2. The summed E-state index contributed by atoms with van der Waals surface area (Å²) < 4.78 is 24.1. The lowest BCUT2D eigenvalue weighted by Gasteiger charge is -2.34. The van der Waals surface area contributed by atoms with E-state index in [1.54, 1.807) is 9.36 Å². The van der Waals surface area contributed by atoms with Gasteiger partial charge in [0.05, 0.1) is 0 Å². The molecule has 7 rings (SSSR count). The van der Waals surface area contributed by atoms with E-state index in [-0.39, 0.29) is 30.2 Å². The number of aromatic nitrogens is 6. The number of rotatable bonds is 12. The zero-order valence-electron chi connectivity index (χ0n) is 30.0. The van der Waals surface area contributed by atoms with Crippen LogP contribution in [0.4, 0.5) is 0 Å². The molecule has 9 heteroatoms. The zero-order chi connectivity index (χ0) is 37.0. The Balaban J connectivity index is 1.24. The van der Waals surface area contributed by atoms with Crippen molar-refractivity contribution in [1.82, 2.24) is 29.8 Å². The minimum absolute atomic E-state index is 0.0116. The number of tetrazole rings is 1. The van der Waals surface area contributed by atoms with Gasteiger partial charge in [0.1, 0.15) is 5.82 Å². The molecular weight excluding hydrogens is 644 g/mol. The number of carbonyl (C=O) groups is 1. The number of carboxylic acids is 1. The maximum atomic E-state index is 12.1. The van der Waals surface area contributed by atoms with Crippen LogP contribution in [-0.2, 0) is 18.5 Å². The minimum atomic E-state index is -2.08. The Morgan fingerprint density at radius 3 is 1.90 bits per heavy atom. The summed E-state index contributed by atoms with van der Waals surface area (Å²) in [5, 5.41) is 24.3. The van der Waals surface area contributed by atoms with Crippen molar-refractivity contribution in [1.29, 1.82) is 0 Å². The highest BCUT2D eigenvalue weighted by Crippen LogP contribution is 2.40. The molecule has 0 aliphatic rings. The zero-order valence-corrected chi connectivity index (χ0v) is 27.8. The van der Waals surface area contributed by atoms with Gasteiger partial charge in [-0.1, -0.05) is 164 Å². The number of hydrogen-bond acceptors (Lipinski definition) is 5. The summed E-state index contributed by atoms with van der Waals surface area (Å²) in [6, 6.07) is 46.2. The van der Waals surface area contributed by atoms with Gasteiger partial charge in [-0.25, -0.2) is 9.78 Å². The Kier molecular flexibility index (Phi) is 8.33. The Labute approximate surface area is 299 Å². The number of imidazole rings is 1. The van der Waals surface area contributed by atoms with Crippen LogP contribution in [0, 0.1) is 0 Å². The molecule has 0 atom stereocenters. The predicted molar refractivity (Wildman–Crippen MR) is 195 cm³/mol. The fraction of sp³-hybridized carbons (Fsp3) is 0.146. The van der Waals surface area contributed by atoms with Crippen molar-refractivity contribution in [3.63, 3.8) is 0 Å². The monoisotopic (exact) mass is 681 g/mol. The van der Waals surface area contributed by atoms with Crippen molar-refractivity contribution in [2.24, 2.45) is 0 Å². The maximum absolute atomic E-state index is 12.1. The molecule has 0 bridgehead atoms. The first-order valence-corrected chi connectivity index (χ1v) is 16.7. The van der Waals surface area contributed by atoms with Crippen LogP contribution in [0.3, 0.4) is 0 Å². The molecule has 2 aromatic heterocycles. The fourth-order valence-electron chi connectivity index (χ4n) is 6.53. The largest absolute Gasteiger partial charge is 0.476 e. The average molecular weight is 682 g/mol. The lowest BCUT2D eigenvalue weighted by Crippen LogP contribution is -2.39. The smallest absolute Gasteiger partial charge is 0.355 e. The molecule has 0 spiro atoms. The molecule has 0 amide bonds. The molecule has 0 aliphatic heterocycles. The Bertz CT molecular complexity index is 2230. The van der Waals surface area contributed by atoms with Crippen LogP contribution in [0.5, 0.6) is 0 Å². The third-order valence-electron chi connectivity index (χ3n) is 8.85. The number of carboxylic acid groups (broad SMARTS) is 1. The van der Waals surface area contributed by atoms with Gasteiger partial charge in [-0.2, -0.15) is 0 Å². The third-order valence-corrected chi connectivity index (χ3v) is 9.11. The molecule has 2 heterocycles. The highest BCUT2D eigenvalue weighted by Gasteiger charge is 2.41. The number of nitrogens with zero attached hydrogens (tertiary/aromatic N) is 6. The van der Waals surface area contributed by atoms with Gasteiger partial charge in [-0.3, -0.25) is 0 Å². The molecule has 1 N–H and O–H groups in total. The van der Waals surface area contributed by atoms with Gasteiger partial charge in [0.15, 0.2) is 16.4 Å². The van der Waals surface area contributed by atoms with E-state index in [9.17, 15) is 9.90 Å². The molecule has 7 aromatic rings. The van der Waals surface area contributed by atoms with Crippen LogP contribution in [0.15, 0.2) is 140 Å². The second kappa shape index (κ2) is 14.3. The molecule has 0 aliphatic carbocycles. The summed E-state index contributed by atoms with van der Waals surface area (Å²) in [6.45, 7) is -1.88. The first-order valence-electron chi connectivity index (χ1n) is 17.8. The van der Waals surface area contributed by atoms with E-state index in [1.165, 1.54) is 0 Å². The molecule has 248 valence electrons. The Hall–Kier alpha value is -5.86. The van der Waals surface area contributed by atoms with Gasteiger partial charge in [-0.05, 0) is 45.0 Å². The van der Waals surface area contributed by atoms with Gasteiger partial charge < -0.3 is 9.67 Å². The molecule has 5 aromatic carbocycles. The summed E-state index contributed by atoms with van der Waals surface area (Å²) in [5.74, 6) is -0.318. The molecule has 50 heavy (non-hydrogen) atoms. The quantitative estimate of drug-likeness (QED) is 0.130. The Morgan fingerprint density at radius 2 is 1.34 bits per heavy atom. The van der Waals surface area contributed by atoms with Gasteiger partial charge >= 0.3 is 5.97 Å². The maximum Gasteiger partial charge on any atom is 0.355 e. The number of halogens is 1. The summed E-state index contributed by atoms with van der Waals surface area (Å²) >= 11 is 6.25. The van der Waals surface area contributed by atoms with Gasteiger partial charge in [0.25, 0.3) is 0 Å². The minimum Gasteiger partial charge on any atom is -0.476 e. The lowest BCUT2D eigenvalue weighted by molar-refractivity contribution is 0.0685. The van der Waals surface area contributed by atoms with Crippen molar-refractivity contribution in [3.8, 4) is 22.5 Å². The van der Waals surface area contributed by atoms with E-state index in [2.05, 4.69) is 46.5 Å². The number of aromatic carboxylic acids is 1. The summed E-state index contributed by atoms with van der Waals surface area (Å²) in [7, 11) is 0. The third kappa shape index (κ3) is 6.10. The molecule has 0 saturated carbocycles. The molecule has 0 fully saturated rings. The summed E-state index contributed by atoms with van der Waals surface area (Å²) in [4.78, 5) is 18.1. The second-order valence-electron chi connectivity index (χ2n) is 11.9. The van der Waals surface area contributed by atoms with Crippen LogP contribution in [-0.4, -0.2) is 40.8 Å². The van der Waals surface area contributed by atoms with Crippen molar-refractivity contribution in [2.75, 3.05) is 0 Å². The molecule has 0 unspecified atom stereocenters. The SMILES string of the molecule is [2H]C([2H])([2H])CCCc1nc(Cl)c(C(=O)O)n1Cc1ccc(-c2ccccc2-c2nnn(C(c3ccccc3)(c3ccccc3)c3ccccc3)n2)cc1. The lowest BCUT2D eigenvalue weighted by atomic mass is 9.77. The van der Waals surface area contributed by atoms with Gasteiger partial charge in [0, 0.05) is 22.6 Å². The van der Waals surface area contributed by atoms with Gasteiger partial charge in [0.2, 0.25) is 5.82 Å². The van der Waals surface area contributed by atoms with Crippen molar-refractivity contribution in [3.05, 3.63) is 178 Å². The molecule has 0 radical (unpaired) electrons. The van der Waals surface area contributed by atoms with Crippen molar-refractivity contribution in [2.45, 2.75) is 38.2 Å². The Morgan fingerprint density at radius 1 is 0.780 bits per heavy atom. The van der Waals surface area contributed by atoms with E-state index in [0.717, 1.165) is 38.9 Å². The highest BCUT2D eigenvalue weighted by atomic mass is 35.5.